The lowest BCUT2D eigenvalue weighted by molar-refractivity contribution is -0.128. The predicted octanol–water partition coefficient (Wildman–Crippen LogP) is 3.59. The number of amides is 1. The Morgan fingerprint density at radius 1 is 1.03 bits per heavy atom. The third-order valence-electron chi connectivity index (χ3n) is 5.54. The number of carbonyl (C=O) groups is 1. The first-order chi connectivity index (χ1) is 16.3. The number of aryl methyl sites for hydroxylation is 2. The van der Waals surface area contributed by atoms with Crippen LogP contribution in [-0.4, -0.2) is 40.1 Å². The van der Waals surface area contributed by atoms with E-state index in [4.69, 9.17) is 9.47 Å². The first kappa shape index (κ1) is 23.8. The Hall–Kier alpha value is -3.36. The van der Waals surface area contributed by atoms with Gasteiger partial charge in [0.2, 0.25) is 0 Å². The lowest BCUT2D eigenvalue weighted by Crippen LogP contribution is -2.51. The zero-order valence-electron chi connectivity index (χ0n) is 19.2. The van der Waals surface area contributed by atoms with Crippen molar-refractivity contribution in [2.45, 2.75) is 31.5 Å². The van der Waals surface area contributed by atoms with Crippen LogP contribution in [0, 0.1) is 13.8 Å². The third kappa shape index (κ3) is 5.40. The van der Waals surface area contributed by atoms with Gasteiger partial charge in [-0.2, -0.15) is 0 Å². The maximum atomic E-state index is 13.5. The summed E-state index contributed by atoms with van der Waals surface area (Å²) < 4.78 is 39.7. The van der Waals surface area contributed by atoms with Crippen LogP contribution in [0.25, 0.3) is 0 Å². The molecule has 7 nitrogen and oxygen atoms in total. The van der Waals surface area contributed by atoms with E-state index in [0.29, 0.717) is 24.7 Å². The molecule has 1 atom stereocenters. The Balaban J connectivity index is 1.45. The molecule has 1 heterocycles. The smallest absolute Gasteiger partial charge is 0.264 e. The van der Waals surface area contributed by atoms with Crippen LogP contribution in [0.4, 0.5) is 5.69 Å². The number of hydrogen-bond donors (Lipinski definition) is 1. The van der Waals surface area contributed by atoms with Crippen LogP contribution in [0.3, 0.4) is 0 Å². The average Bonchev–Trinajstić information content (AvgIpc) is 2.83. The Kier molecular flexibility index (Phi) is 7.19. The fourth-order valence-electron chi connectivity index (χ4n) is 3.69. The summed E-state index contributed by atoms with van der Waals surface area (Å²) in [5.74, 6) is -0.0259. The largest absolute Gasteiger partial charge is 0.476 e. The lowest BCUT2D eigenvalue weighted by atomic mass is 10.1. The van der Waals surface area contributed by atoms with Gasteiger partial charge in [0.1, 0.15) is 5.75 Å². The first-order valence-corrected chi connectivity index (χ1v) is 12.5. The molecule has 1 aliphatic heterocycles. The highest BCUT2D eigenvalue weighted by atomic mass is 32.2. The normalized spacial score (nSPS) is 15.4. The van der Waals surface area contributed by atoms with Gasteiger partial charge in [-0.15, -0.1) is 0 Å². The van der Waals surface area contributed by atoms with Crippen LogP contribution in [-0.2, 0) is 26.2 Å². The Morgan fingerprint density at radius 2 is 1.74 bits per heavy atom. The number of nitrogens with one attached hydrogen (secondary N) is 1. The molecule has 8 heteroatoms. The Bertz CT molecular complexity index is 1240. The zero-order chi connectivity index (χ0) is 24.1. The second kappa shape index (κ2) is 10.3. The predicted molar refractivity (Wildman–Crippen MR) is 130 cm³/mol. The molecule has 0 unspecified atom stereocenters. The van der Waals surface area contributed by atoms with E-state index in [2.05, 4.69) is 5.32 Å². The topological polar surface area (TPSA) is 84.9 Å². The fourth-order valence-corrected chi connectivity index (χ4v) is 5.16. The molecule has 0 saturated heterocycles. The van der Waals surface area contributed by atoms with Gasteiger partial charge in [0.25, 0.3) is 15.9 Å². The van der Waals surface area contributed by atoms with Gasteiger partial charge < -0.3 is 14.8 Å². The Morgan fingerprint density at radius 3 is 2.47 bits per heavy atom. The monoisotopic (exact) mass is 480 g/mol. The van der Waals surface area contributed by atoms with E-state index in [1.54, 1.807) is 36.4 Å². The number of carbonyl (C=O) groups excluding carboxylic acids is 1. The van der Waals surface area contributed by atoms with Gasteiger partial charge in [-0.25, -0.2) is 8.42 Å². The molecule has 0 radical (unpaired) electrons. The van der Waals surface area contributed by atoms with Gasteiger partial charge in [-0.1, -0.05) is 54.1 Å². The van der Waals surface area contributed by atoms with E-state index in [9.17, 15) is 13.2 Å². The molecule has 0 aromatic heterocycles. The molecule has 0 saturated carbocycles. The number of benzene rings is 3. The third-order valence-corrected chi connectivity index (χ3v) is 7.34. The maximum Gasteiger partial charge on any atom is 0.264 e. The van der Waals surface area contributed by atoms with Gasteiger partial charge in [0, 0.05) is 6.54 Å². The van der Waals surface area contributed by atoms with E-state index in [1.165, 1.54) is 4.31 Å². The van der Waals surface area contributed by atoms with Gasteiger partial charge in [0.15, 0.2) is 6.10 Å². The van der Waals surface area contributed by atoms with Gasteiger partial charge in [-0.05, 0) is 49.2 Å². The summed E-state index contributed by atoms with van der Waals surface area (Å²) in [6.45, 7) is 4.73. The molecule has 0 fully saturated rings. The number of anilines is 1. The van der Waals surface area contributed by atoms with Crippen molar-refractivity contribution in [3.05, 3.63) is 89.5 Å². The molecule has 3 aromatic carbocycles. The average molecular weight is 481 g/mol. The number of hydrogen-bond acceptors (Lipinski definition) is 5. The molecular weight excluding hydrogens is 452 g/mol. The SMILES string of the molecule is Cc1ccc(S(=O)(=O)N2C[C@H](C(=O)NCCOCc3ccccc3)Oc3cc(C)ccc32)cc1. The Labute approximate surface area is 200 Å². The number of fused-ring (bicyclic) bond motifs is 1. The molecule has 178 valence electrons. The quantitative estimate of drug-likeness (QED) is 0.498. The molecule has 0 spiro atoms. The summed E-state index contributed by atoms with van der Waals surface area (Å²) in [6.07, 6.45) is -0.983. The number of rotatable bonds is 8. The van der Waals surface area contributed by atoms with Crippen molar-refractivity contribution in [2.24, 2.45) is 0 Å². The molecular formula is C26H28N2O5S. The summed E-state index contributed by atoms with van der Waals surface area (Å²) in [6, 6.07) is 21.7. The maximum absolute atomic E-state index is 13.5. The highest BCUT2D eigenvalue weighted by molar-refractivity contribution is 7.92. The first-order valence-electron chi connectivity index (χ1n) is 11.1. The van der Waals surface area contributed by atoms with Crippen LogP contribution in [0.1, 0.15) is 16.7 Å². The second-order valence-corrected chi connectivity index (χ2v) is 10.1. The van der Waals surface area contributed by atoms with Crippen LogP contribution < -0.4 is 14.4 Å². The van der Waals surface area contributed by atoms with E-state index in [0.717, 1.165) is 16.7 Å². The molecule has 0 aliphatic carbocycles. The molecule has 1 aliphatic rings. The van der Waals surface area contributed by atoms with E-state index >= 15 is 0 Å². The van der Waals surface area contributed by atoms with Gasteiger partial charge >= 0.3 is 0 Å². The van der Waals surface area contributed by atoms with Crippen LogP contribution in [0.2, 0.25) is 0 Å². The summed E-state index contributed by atoms with van der Waals surface area (Å²) >= 11 is 0. The molecule has 0 bridgehead atoms. The summed E-state index contributed by atoms with van der Waals surface area (Å²) in [7, 11) is -3.88. The van der Waals surface area contributed by atoms with Crippen LogP contribution in [0.15, 0.2) is 77.7 Å². The molecule has 4 rings (SSSR count). The second-order valence-electron chi connectivity index (χ2n) is 8.26. The summed E-state index contributed by atoms with van der Waals surface area (Å²) in [5.41, 5.74) is 3.33. The van der Waals surface area contributed by atoms with Crippen molar-refractivity contribution < 1.29 is 22.7 Å². The number of nitrogens with zero attached hydrogens (tertiary/aromatic N) is 1. The standard InChI is InChI=1S/C26H28N2O5S/c1-19-8-11-22(12-9-19)34(30,31)28-17-25(33-24-16-20(2)10-13-23(24)28)26(29)27-14-15-32-18-21-6-4-3-5-7-21/h3-13,16,25H,14-15,17-18H2,1-2H3,(H,27,29)/t25-/m1/s1. The molecule has 34 heavy (non-hydrogen) atoms. The molecule has 1 N–H and O–H groups in total. The van der Waals surface area contributed by atoms with Crippen molar-refractivity contribution in [1.29, 1.82) is 0 Å². The summed E-state index contributed by atoms with van der Waals surface area (Å²) in [4.78, 5) is 13.0. The van der Waals surface area contributed by atoms with Gasteiger partial charge in [0.05, 0.1) is 30.3 Å². The highest BCUT2D eigenvalue weighted by Gasteiger charge is 2.37. The minimum Gasteiger partial charge on any atom is -0.476 e. The van der Waals surface area contributed by atoms with Crippen LogP contribution >= 0.6 is 0 Å². The summed E-state index contributed by atoms with van der Waals surface area (Å²) in [5, 5.41) is 2.79. The number of sulfonamides is 1. The van der Waals surface area contributed by atoms with Crippen molar-refractivity contribution >= 4 is 21.6 Å². The van der Waals surface area contributed by atoms with E-state index in [1.807, 2.05) is 50.2 Å². The van der Waals surface area contributed by atoms with Crippen LogP contribution in [0.5, 0.6) is 5.75 Å². The van der Waals surface area contributed by atoms with Crippen molar-refractivity contribution in [1.82, 2.24) is 5.32 Å². The van der Waals surface area contributed by atoms with Crippen molar-refractivity contribution in [2.75, 3.05) is 24.0 Å². The minimum atomic E-state index is -3.88. The minimum absolute atomic E-state index is 0.122. The highest BCUT2D eigenvalue weighted by Crippen LogP contribution is 2.37. The van der Waals surface area contributed by atoms with E-state index in [-0.39, 0.29) is 23.9 Å². The van der Waals surface area contributed by atoms with E-state index < -0.39 is 16.1 Å². The molecule has 3 aromatic rings. The lowest BCUT2D eigenvalue weighted by Gasteiger charge is -2.35. The van der Waals surface area contributed by atoms with Gasteiger partial charge in [-0.3, -0.25) is 9.10 Å². The fraction of sp³-hybridized carbons (Fsp3) is 0.269. The molecule has 1 amide bonds. The van der Waals surface area contributed by atoms with Crippen molar-refractivity contribution in [3.63, 3.8) is 0 Å². The zero-order valence-corrected chi connectivity index (χ0v) is 20.0. The van der Waals surface area contributed by atoms with Crippen molar-refractivity contribution in [3.8, 4) is 5.75 Å². The number of ether oxygens (including phenoxy) is 2.